The Hall–Kier alpha value is -2.73. The van der Waals surface area contributed by atoms with Gasteiger partial charge in [-0.05, 0) is 49.6 Å². The number of fused-ring (bicyclic) bond motifs is 2. The van der Waals surface area contributed by atoms with Crippen LogP contribution < -0.4 is 5.32 Å². The number of ether oxygens (including phenoxy) is 1. The van der Waals surface area contributed by atoms with Crippen LogP contribution in [0.1, 0.15) is 37.4 Å². The second-order valence-electron chi connectivity index (χ2n) is 7.89. The number of likely N-dealkylation sites (tertiary alicyclic amines) is 1. The predicted octanol–water partition coefficient (Wildman–Crippen LogP) is 3.41. The number of hydrogen-bond donors (Lipinski definition) is 1. The number of nitrogens with one attached hydrogen (secondary N) is 1. The summed E-state index contributed by atoms with van der Waals surface area (Å²) >= 11 is 0. The number of carbonyl (C=O) groups excluding carboxylic acids is 2. The number of benzene rings is 2. The van der Waals surface area contributed by atoms with Crippen LogP contribution >= 0.6 is 0 Å². The van der Waals surface area contributed by atoms with Gasteiger partial charge in [0.1, 0.15) is 16.8 Å². The third kappa shape index (κ3) is 2.55. The normalized spacial score (nSPS) is 23.8. The molecule has 2 aromatic rings. The fraction of sp³-hybridized carbons (Fsp3) is 0.364. The lowest BCUT2D eigenvalue weighted by atomic mass is 9.72. The standard InChI is InChI=1S/C22H23FN2O3/c1-21(2,28-3)20(27)25-13-12-22(18(25)14-8-10-15(23)11-9-14)16-6-4-5-7-17(16)24-19(22)26/h4-11,18H,12-13H2,1-3H3,(H,24,26)/t18-,22+/m0/s1. The van der Waals surface area contributed by atoms with E-state index in [0.717, 1.165) is 16.8 Å². The number of amides is 2. The van der Waals surface area contributed by atoms with Crippen molar-refractivity contribution >= 4 is 17.5 Å². The van der Waals surface area contributed by atoms with E-state index in [1.807, 2.05) is 24.3 Å². The van der Waals surface area contributed by atoms with Crippen molar-refractivity contribution in [1.82, 2.24) is 4.90 Å². The SMILES string of the molecule is COC(C)(C)C(=O)N1CC[C@]2(C(=O)Nc3ccccc32)[C@@H]1c1ccc(F)cc1. The Morgan fingerprint density at radius 1 is 1.21 bits per heavy atom. The molecule has 2 aromatic carbocycles. The smallest absolute Gasteiger partial charge is 0.254 e. The zero-order chi connectivity index (χ0) is 20.1. The van der Waals surface area contributed by atoms with E-state index < -0.39 is 17.1 Å². The Bertz CT molecular complexity index is 941. The van der Waals surface area contributed by atoms with E-state index in [-0.39, 0.29) is 17.6 Å². The third-order valence-electron chi connectivity index (χ3n) is 6.06. The lowest BCUT2D eigenvalue weighted by molar-refractivity contribution is -0.152. The third-order valence-corrected chi connectivity index (χ3v) is 6.06. The summed E-state index contributed by atoms with van der Waals surface area (Å²) in [4.78, 5) is 28.2. The fourth-order valence-corrected chi connectivity index (χ4v) is 4.45. The van der Waals surface area contributed by atoms with Gasteiger partial charge in [0.15, 0.2) is 0 Å². The number of anilines is 1. The van der Waals surface area contributed by atoms with E-state index in [0.29, 0.717) is 13.0 Å². The van der Waals surface area contributed by atoms with Crippen molar-refractivity contribution in [3.8, 4) is 0 Å². The van der Waals surface area contributed by atoms with Gasteiger partial charge in [-0.25, -0.2) is 4.39 Å². The lowest BCUT2D eigenvalue weighted by Crippen LogP contribution is -2.49. The summed E-state index contributed by atoms with van der Waals surface area (Å²) in [6.45, 7) is 3.84. The molecule has 1 N–H and O–H groups in total. The molecular formula is C22H23FN2O3. The van der Waals surface area contributed by atoms with Crippen LogP contribution in [0.3, 0.4) is 0 Å². The maximum Gasteiger partial charge on any atom is 0.254 e. The average molecular weight is 382 g/mol. The summed E-state index contributed by atoms with van der Waals surface area (Å²) in [6, 6.07) is 13.1. The number of methoxy groups -OCH3 is 1. The van der Waals surface area contributed by atoms with Crippen LogP contribution in [-0.2, 0) is 19.7 Å². The molecule has 0 saturated carbocycles. The van der Waals surface area contributed by atoms with Gasteiger partial charge in [0, 0.05) is 19.3 Å². The molecular weight excluding hydrogens is 359 g/mol. The molecule has 0 unspecified atom stereocenters. The number of nitrogens with zero attached hydrogens (tertiary/aromatic N) is 1. The van der Waals surface area contributed by atoms with Gasteiger partial charge in [-0.3, -0.25) is 9.59 Å². The minimum atomic E-state index is -1.03. The molecule has 0 aromatic heterocycles. The Morgan fingerprint density at radius 2 is 1.89 bits per heavy atom. The molecule has 6 heteroatoms. The summed E-state index contributed by atoms with van der Waals surface area (Å²) in [7, 11) is 1.49. The zero-order valence-electron chi connectivity index (χ0n) is 16.2. The van der Waals surface area contributed by atoms with Crippen molar-refractivity contribution in [2.45, 2.75) is 37.3 Å². The Kier molecular flexibility index (Phi) is 4.27. The molecule has 1 fully saturated rings. The second-order valence-corrected chi connectivity index (χ2v) is 7.89. The topological polar surface area (TPSA) is 58.6 Å². The first-order valence-corrected chi connectivity index (χ1v) is 9.34. The number of rotatable bonds is 3. The highest BCUT2D eigenvalue weighted by Gasteiger charge is 2.60. The molecule has 0 radical (unpaired) electrons. The van der Waals surface area contributed by atoms with E-state index in [9.17, 15) is 14.0 Å². The maximum atomic E-state index is 13.6. The highest BCUT2D eigenvalue weighted by atomic mass is 19.1. The van der Waals surface area contributed by atoms with Crippen molar-refractivity contribution in [1.29, 1.82) is 0 Å². The number of para-hydroxylation sites is 1. The summed E-state index contributed by atoms with van der Waals surface area (Å²) in [5, 5.41) is 2.97. The first kappa shape index (κ1) is 18.6. The molecule has 1 spiro atoms. The van der Waals surface area contributed by atoms with Gasteiger partial charge in [0.05, 0.1) is 6.04 Å². The van der Waals surface area contributed by atoms with Crippen LogP contribution in [0.15, 0.2) is 48.5 Å². The quantitative estimate of drug-likeness (QED) is 0.885. The van der Waals surface area contributed by atoms with Crippen LogP contribution in [0.2, 0.25) is 0 Å². The first-order valence-electron chi connectivity index (χ1n) is 9.34. The van der Waals surface area contributed by atoms with Gasteiger partial charge in [-0.15, -0.1) is 0 Å². The summed E-state index contributed by atoms with van der Waals surface area (Å²) in [5.74, 6) is -0.686. The molecule has 28 heavy (non-hydrogen) atoms. The molecule has 2 aliphatic rings. The molecule has 0 aliphatic carbocycles. The lowest BCUT2D eigenvalue weighted by Gasteiger charge is -2.37. The summed E-state index contributed by atoms with van der Waals surface area (Å²) < 4.78 is 19.0. The second kappa shape index (κ2) is 6.41. The van der Waals surface area contributed by atoms with Crippen LogP contribution in [0.25, 0.3) is 0 Å². The predicted molar refractivity (Wildman–Crippen MR) is 103 cm³/mol. The molecule has 5 nitrogen and oxygen atoms in total. The molecule has 2 amide bonds. The van der Waals surface area contributed by atoms with E-state index in [1.165, 1.54) is 19.2 Å². The van der Waals surface area contributed by atoms with Crippen molar-refractivity contribution in [3.05, 3.63) is 65.5 Å². The number of halogens is 1. The molecule has 2 atom stereocenters. The van der Waals surface area contributed by atoms with Gasteiger partial charge in [-0.2, -0.15) is 0 Å². The van der Waals surface area contributed by atoms with Crippen LogP contribution in [0.5, 0.6) is 0 Å². The minimum Gasteiger partial charge on any atom is -0.369 e. The number of carbonyl (C=O) groups is 2. The molecule has 0 bridgehead atoms. The van der Waals surface area contributed by atoms with Crippen molar-refractivity contribution in [2.24, 2.45) is 0 Å². The van der Waals surface area contributed by atoms with E-state index >= 15 is 0 Å². The van der Waals surface area contributed by atoms with E-state index in [2.05, 4.69) is 5.32 Å². The van der Waals surface area contributed by atoms with Crippen molar-refractivity contribution in [2.75, 3.05) is 19.0 Å². The molecule has 1 saturated heterocycles. The largest absolute Gasteiger partial charge is 0.369 e. The fourth-order valence-electron chi connectivity index (χ4n) is 4.45. The zero-order valence-corrected chi connectivity index (χ0v) is 16.2. The van der Waals surface area contributed by atoms with E-state index in [4.69, 9.17) is 4.74 Å². The van der Waals surface area contributed by atoms with E-state index in [1.54, 1.807) is 30.9 Å². The Labute approximate surface area is 163 Å². The average Bonchev–Trinajstić information content (AvgIpc) is 3.22. The molecule has 2 heterocycles. The van der Waals surface area contributed by atoms with Gasteiger partial charge in [0.2, 0.25) is 5.91 Å². The highest BCUT2D eigenvalue weighted by molar-refractivity contribution is 6.08. The minimum absolute atomic E-state index is 0.131. The Balaban J connectivity index is 1.89. The van der Waals surface area contributed by atoms with Gasteiger partial charge < -0.3 is 15.0 Å². The van der Waals surface area contributed by atoms with Gasteiger partial charge >= 0.3 is 0 Å². The molecule has 4 rings (SSSR count). The first-order chi connectivity index (χ1) is 13.3. The maximum absolute atomic E-state index is 13.6. The summed E-state index contributed by atoms with van der Waals surface area (Å²) in [6.07, 6.45) is 0.490. The highest BCUT2D eigenvalue weighted by Crippen LogP contribution is 2.55. The van der Waals surface area contributed by atoms with Gasteiger partial charge in [-0.1, -0.05) is 30.3 Å². The van der Waals surface area contributed by atoms with Crippen LogP contribution in [0.4, 0.5) is 10.1 Å². The van der Waals surface area contributed by atoms with Crippen molar-refractivity contribution in [3.63, 3.8) is 0 Å². The number of hydrogen-bond acceptors (Lipinski definition) is 3. The van der Waals surface area contributed by atoms with Crippen molar-refractivity contribution < 1.29 is 18.7 Å². The molecule has 146 valence electrons. The van der Waals surface area contributed by atoms with Crippen LogP contribution in [0, 0.1) is 5.82 Å². The Morgan fingerprint density at radius 3 is 2.57 bits per heavy atom. The molecule has 2 aliphatic heterocycles. The monoisotopic (exact) mass is 382 g/mol. The summed E-state index contributed by atoms with van der Waals surface area (Å²) in [5.41, 5.74) is 0.428. The van der Waals surface area contributed by atoms with Crippen LogP contribution in [-0.4, -0.2) is 36.0 Å². The van der Waals surface area contributed by atoms with Gasteiger partial charge in [0.25, 0.3) is 5.91 Å².